The van der Waals surface area contributed by atoms with Gasteiger partial charge in [0.2, 0.25) is 0 Å². The number of aliphatic imine (C=N–C) groups is 1. The fraction of sp³-hybridized carbons (Fsp3) is 0.450. The Morgan fingerprint density at radius 2 is 2.08 bits per heavy atom. The van der Waals surface area contributed by atoms with Crippen LogP contribution < -0.4 is 5.32 Å². The smallest absolute Gasteiger partial charge is 0.194 e. The summed E-state index contributed by atoms with van der Waals surface area (Å²) in [5.41, 5.74) is 2.16. The normalized spacial score (nSPS) is 21.6. The number of hydrogen-bond acceptors (Lipinski definition) is 3. The molecule has 5 heteroatoms. The van der Waals surface area contributed by atoms with Gasteiger partial charge in [-0.2, -0.15) is 0 Å². The molecule has 25 heavy (non-hydrogen) atoms. The van der Waals surface area contributed by atoms with E-state index in [0.29, 0.717) is 12.6 Å². The molecular weight excluding hydrogens is 312 g/mol. The Labute approximate surface area is 149 Å². The van der Waals surface area contributed by atoms with Gasteiger partial charge in [0, 0.05) is 50.2 Å². The molecule has 3 heterocycles. The third-order valence-corrected chi connectivity index (χ3v) is 5.39. The number of nitrogens with one attached hydrogen (secondary N) is 1. The van der Waals surface area contributed by atoms with Gasteiger partial charge in [-0.1, -0.05) is 30.4 Å². The van der Waals surface area contributed by atoms with Gasteiger partial charge in [-0.3, -0.25) is 9.89 Å². The molecule has 4 rings (SSSR count). The highest BCUT2D eigenvalue weighted by molar-refractivity contribution is 5.83. The van der Waals surface area contributed by atoms with Crippen molar-refractivity contribution in [2.75, 3.05) is 33.2 Å². The first-order valence-electron chi connectivity index (χ1n) is 9.08. The maximum atomic E-state index is 6.01. The lowest BCUT2D eigenvalue weighted by Gasteiger charge is -2.25. The Bertz CT molecular complexity index is 799. The summed E-state index contributed by atoms with van der Waals surface area (Å²) in [6, 6.07) is 8.83. The van der Waals surface area contributed by atoms with Gasteiger partial charge in [0.1, 0.15) is 11.3 Å². The van der Waals surface area contributed by atoms with E-state index in [0.717, 1.165) is 43.5 Å². The van der Waals surface area contributed by atoms with Gasteiger partial charge in [0.25, 0.3) is 0 Å². The summed E-state index contributed by atoms with van der Waals surface area (Å²) in [7, 11) is 1.86. The minimum Gasteiger partial charge on any atom is -0.459 e. The molecule has 1 atom stereocenters. The maximum absolute atomic E-state index is 6.01. The number of benzene rings is 1. The van der Waals surface area contributed by atoms with Crippen molar-refractivity contribution in [1.82, 2.24) is 15.1 Å². The molecule has 2 aromatic rings. The zero-order valence-electron chi connectivity index (χ0n) is 15.0. The molecule has 5 nitrogen and oxygen atoms in total. The molecule has 1 aromatic carbocycles. The molecule has 2 aliphatic rings. The fourth-order valence-electron chi connectivity index (χ4n) is 3.91. The minimum atomic E-state index is 0.626. The highest BCUT2D eigenvalue weighted by atomic mass is 16.3. The van der Waals surface area contributed by atoms with E-state index < -0.39 is 0 Å². The Morgan fingerprint density at radius 3 is 2.84 bits per heavy atom. The quantitative estimate of drug-likeness (QED) is 0.531. The highest BCUT2D eigenvalue weighted by Gasteiger charge is 2.29. The molecule has 1 saturated heterocycles. The second kappa shape index (κ2) is 6.92. The third-order valence-electron chi connectivity index (χ3n) is 5.39. The average Bonchev–Trinajstić information content (AvgIpc) is 3.36. The third kappa shape index (κ3) is 3.16. The average molecular weight is 338 g/mol. The van der Waals surface area contributed by atoms with Gasteiger partial charge < -0.3 is 14.6 Å². The van der Waals surface area contributed by atoms with E-state index in [1.807, 2.05) is 19.2 Å². The monoisotopic (exact) mass is 338 g/mol. The van der Waals surface area contributed by atoms with E-state index in [9.17, 15) is 0 Å². The van der Waals surface area contributed by atoms with Crippen LogP contribution in [0.4, 0.5) is 0 Å². The van der Waals surface area contributed by atoms with Crippen LogP contribution in [0.3, 0.4) is 0 Å². The van der Waals surface area contributed by atoms with Crippen molar-refractivity contribution in [2.45, 2.75) is 25.9 Å². The van der Waals surface area contributed by atoms with Crippen LogP contribution in [-0.2, 0) is 6.54 Å². The van der Waals surface area contributed by atoms with Crippen molar-refractivity contribution < 1.29 is 4.42 Å². The molecular formula is C20H26N4O. The van der Waals surface area contributed by atoms with Crippen molar-refractivity contribution in [1.29, 1.82) is 0 Å². The van der Waals surface area contributed by atoms with E-state index >= 15 is 0 Å². The van der Waals surface area contributed by atoms with Crippen molar-refractivity contribution in [2.24, 2.45) is 4.99 Å². The van der Waals surface area contributed by atoms with Gasteiger partial charge in [0.05, 0.1) is 6.54 Å². The second-order valence-electron chi connectivity index (χ2n) is 6.86. The molecule has 0 bridgehead atoms. The molecule has 132 valence electrons. The first-order valence-corrected chi connectivity index (χ1v) is 9.08. The van der Waals surface area contributed by atoms with Crippen LogP contribution in [0.2, 0.25) is 0 Å². The molecule has 0 amide bonds. The Balaban J connectivity index is 1.40. The lowest BCUT2D eigenvalue weighted by Crippen LogP contribution is -2.42. The topological polar surface area (TPSA) is 44.0 Å². The lowest BCUT2D eigenvalue weighted by molar-refractivity contribution is 0.259. The van der Waals surface area contributed by atoms with Crippen LogP contribution in [-0.4, -0.2) is 55.0 Å². The summed E-state index contributed by atoms with van der Waals surface area (Å²) in [5, 5.41) is 4.68. The van der Waals surface area contributed by atoms with Gasteiger partial charge in [-0.25, -0.2) is 0 Å². The zero-order valence-corrected chi connectivity index (χ0v) is 15.0. The predicted octanol–water partition coefficient (Wildman–Crippen LogP) is 2.76. The number of fused-ring (bicyclic) bond motifs is 1. The largest absolute Gasteiger partial charge is 0.459 e. The number of aryl methyl sites for hydroxylation is 1. The standard InChI is InChI=1S/C20H26N4O/c1-15-17-7-3-4-8-18(17)25-19(15)13-22-20(21-2)24-12-9-16(14-24)23-10-5-6-11-23/h3-8,16H,9-14H2,1-2H3,(H,21,22). The number of guanidine groups is 1. The molecule has 1 aromatic heterocycles. The minimum absolute atomic E-state index is 0.626. The summed E-state index contributed by atoms with van der Waals surface area (Å²) in [6.07, 6.45) is 5.73. The number of likely N-dealkylation sites (tertiary alicyclic amines) is 1. The number of nitrogens with zero attached hydrogens (tertiary/aromatic N) is 3. The summed E-state index contributed by atoms with van der Waals surface area (Å²) in [4.78, 5) is 9.39. The van der Waals surface area contributed by atoms with Gasteiger partial charge in [0.15, 0.2) is 5.96 Å². The molecule has 0 radical (unpaired) electrons. The van der Waals surface area contributed by atoms with Crippen molar-refractivity contribution in [3.05, 3.63) is 47.7 Å². The summed E-state index contributed by atoms with van der Waals surface area (Å²) in [6.45, 7) is 7.06. The van der Waals surface area contributed by atoms with Crippen LogP contribution in [0, 0.1) is 6.92 Å². The number of rotatable bonds is 3. The van der Waals surface area contributed by atoms with Gasteiger partial charge in [-0.15, -0.1) is 0 Å². The first-order chi connectivity index (χ1) is 12.3. The number of para-hydroxylation sites is 1. The molecule has 1 N–H and O–H groups in total. The zero-order chi connectivity index (χ0) is 17.2. The highest BCUT2D eigenvalue weighted by Crippen LogP contribution is 2.25. The van der Waals surface area contributed by atoms with E-state index in [1.165, 1.54) is 17.4 Å². The maximum Gasteiger partial charge on any atom is 0.194 e. The fourth-order valence-corrected chi connectivity index (χ4v) is 3.91. The molecule has 0 saturated carbocycles. The second-order valence-corrected chi connectivity index (χ2v) is 6.86. The summed E-state index contributed by atoms with van der Waals surface area (Å²) >= 11 is 0. The molecule has 1 fully saturated rings. The van der Waals surface area contributed by atoms with Crippen LogP contribution in [0.25, 0.3) is 11.0 Å². The van der Waals surface area contributed by atoms with Gasteiger partial charge in [-0.05, 0) is 19.4 Å². The summed E-state index contributed by atoms with van der Waals surface area (Å²) < 4.78 is 6.01. The SMILES string of the molecule is CN=C(NCc1oc2ccccc2c1C)N1CCC(N2CC=CC2)C1. The van der Waals surface area contributed by atoms with Crippen LogP contribution in [0.1, 0.15) is 17.7 Å². The van der Waals surface area contributed by atoms with Crippen molar-refractivity contribution >= 4 is 16.9 Å². The number of furan rings is 1. The molecule has 2 aliphatic heterocycles. The Hall–Kier alpha value is -2.27. The Morgan fingerprint density at radius 1 is 1.28 bits per heavy atom. The van der Waals surface area contributed by atoms with Crippen LogP contribution in [0.5, 0.6) is 0 Å². The summed E-state index contributed by atoms with van der Waals surface area (Å²) in [5.74, 6) is 1.95. The van der Waals surface area contributed by atoms with E-state index in [1.54, 1.807) is 0 Å². The van der Waals surface area contributed by atoms with Crippen LogP contribution >= 0.6 is 0 Å². The molecule has 0 spiro atoms. The first kappa shape index (κ1) is 16.2. The van der Waals surface area contributed by atoms with Crippen LogP contribution in [0.15, 0.2) is 45.8 Å². The van der Waals surface area contributed by atoms with E-state index in [-0.39, 0.29) is 0 Å². The van der Waals surface area contributed by atoms with E-state index in [4.69, 9.17) is 4.42 Å². The van der Waals surface area contributed by atoms with Crippen molar-refractivity contribution in [3.8, 4) is 0 Å². The number of hydrogen-bond donors (Lipinski definition) is 1. The van der Waals surface area contributed by atoms with Crippen molar-refractivity contribution in [3.63, 3.8) is 0 Å². The predicted molar refractivity (Wildman–Crippen MR) is 102 cm³/mol. The Kier molecular flexibility index (Phi) is 4.49. The molecule has 0 aliphatic carbocycles. The lowest BCUT2D eigenvalue weighted by atomic mass is 10.1. The van der Waals surface area contributed by atoms with E-state index in [2.05, 4.69) is 51.3 Å². The molecule has 1 unspecified atom stereocenters. The van der Waals surface area contributed by atoms with Gasteiger partial charge >= 0.3 is 0 Å².